The normalized spacial score (nSPS) is 19.3. The molecule has 2 aliphatic rings. The summed E-state index contributed by atoms with van der Waals surface area (Å²) in [6, 6.07) is 7.06. The van der Waals surface area contributed by atoms with Gasteiger partial charge in [0.15, 0.2) is 5.79 Å². The number of likely N-dealkylation sites (tertiary alicyclic amines) is 1. The predicted octanol–water partition coefficient (Wildman–Crippen LogP) is 1.39. The van der Waals surface area contributed by atoms with Crippen LogP contribution in [-0.4, -0.2) is 55.4 Å². The van der Waals surface area contributed by atoms with Gasteiger partial charge in [0.05, 0.1) is 25.5 Å². The number of piperidine rings is 1. The molecule has 2 heterocycles. The zero-order valence-corrected chi connectivity index (χ0v) is 13.7. The van der Waals surface area contributed by atoms with Gasteiger partial charge in [0, 0.05) is 25.9 Å². The van der Waals surface area contributed by atoms with E-state index in [1.54, 1.807) is 18.2 Å². The largest absolute Gasteiger partial charge is 0.492 e. The molecule has 2 saturated heterocycles. The fraction of sp³-hybridized carbons (Fsp3) is 0.529. The van der Waals surface area contributed by atoms with Gasteiger partial charge >= 0.3 is 11.8 Å². The van der Waals surface area contributed by atoms with Gasteiger partial charge in [-0.1, -0.05) is 12.1 Å². The van der Waals surface area contributed by atoms with E-state index >= 15 is 0 Å². The van der Waals surface area contributed by atoms with E-state index in [4.69, 9.17) is 14.2 Å². The number of ether oxygens (including phenoxy) is 3. The second-order valence-electron chi connectivity index (χ2n) is 5.78. The number of amides is 2. The van der Waals surface area contributed by atoms with Crippen molar-refractivity contribution in [3.05, 3.63) is 24.3 Å². The van der Waals surface area contributed by atoms with Crippen molar-refractivity contribution in [2.24, 2.45) is 0 Å². The minimum absolute atomic E-state index is 0.444. The van der Waals surface area contributed by atoms with Crippen LogP contribution in [0.1, 0.15) is 19.8 Å². The number of hydrogen-bond acceptors (Lipinski definition) is 5. The van der Waals surface area contributed by atoms with Gasteiger partial charge in [-0.15, -0.1) is 0 Å². The Bertz CT molecular complexity index is 603. The van der Waals surface area contributed by atoms with Crippen LogP contribution in [0.4, 0.5) is 5.69 Å². The molecule has 130 valence electrons. The van der Waals surface area contributed by atoms with E-state index in [1.807, 2.05) is 13.0 Å². The van der Waals surface area contributed by atoms with E-state index < -0.39 is 17.6 Å². The number of carbonyl (C=O) groups is 2. The lowest BCUT2D eigenvalue weighted by atomic mass is 10.0. The first-order chi connectivity index (χ1) is 11.6. The SMILES string of the molecule is CCOc1ccccc1NC(=O)C(=O)N1CCC2(CC1)OCCO2. The average molecular weight is 334 g/mol. The summed E-state index contributed by atoms with van der Waals surface area (Å²) in [7, 11) is 0. The average Bonchev–Trinajstić information content (AvgIpc) is 3.05. The minimum atomic E-state index is -0.661. The molecule has 0 atom stereocenters. The second-order valence-corrected chi connectivity index (χ2v) is 5.78. The highest BCUT2D eigenvalue weighted by atomic mass is 16.7. The molecule has 1 spiro atoms. The third-order valence-electron chi connectivity index (χ3n) is 4.26. The summed E-state index contributed by atoms with van der Waals surface area (Å²) in [5, 5.41) is 2.64. The smallest absolute Gasteiger partial charge is 0.314 e. The first-order valence-electron chi connectivity index (χ1n) is 8.23. The van der Waals surface area contributed by atoms with E-state index in [0.29, 0.717) is 57.2 Å². The van der Waals surface area contributed by atoms with Gasteiger partial charge in [0.1, 0.15) is 5.75 Å². The number of rotatable bonds is 3. The van der Waals surface area contributed by atoms with E-state index in [0.717, 1.165) is 0 Å². The van der Waals surface area contributed by atoms with Gasteiger partial charge < -0.3 is 24.4 Å². The van der Waals surface area contributed by atoms with Crippen molar-refractivity contribution in [2.75, 3.05) is 38.2 Å². The van der Waals surface area contributed by atoms with Crippen LogP contribution in [0.5, 0.6) is 5.75 Å². The third kappa shape index (κ3) is 3.52. The molecule has 0 aromatic heterocycles. The van der Waals surface area contributed by atoms with Gasteiger partial charge in [0.25, 0.3) is 0 Å². The minimum Gasteiger partial charge on any atom is -0.492 e. The molecule has 7 heteroatoms. The summed E-state index contributed by atoms with van der Waals surface area (Å²) in [6.07, 6.45) is 1.17. The van der Waals surface area contributed by atoms with Crippen LogP contribution in [0.2, 0.25) is 0 Å². The predicted molar refractivity (Wildman–Crippen MR) is 86.7 cm³/mol. The number of anilines is 1. The number of nitrogens with zero attached hydrogens (tertiary/aromatic N) is 1. The summed E-state index contributed by atoms with van der Waals surface area (Å²) >= 11 is 0. The molecule has 0 saturated carbocycles. The molecule has 2 aliphatic heterocycles. The van der Waals surface area contributed by atoms with Gasteiger partial charge in [-0.3, -0.25) is 9.59 Å². The second kappa shape index (κ2) is 7.19. The molecule has 24 heavy (non-hydrogen) atoms. The van der Waals surface area contributed by atoms with Crippen LogP contribution >= 0.6 is 0 Å². The van der Waals surface area contributed by atoms with Gasteiger partial charge in [0.2, 0.25) is 0 Å². The summed E-state index contributed by atoms with van der Waals surface area (Å²) < 4.78 is 16.7. The van der Waals surface area contributed by atoms with Crippen molar-refractivity contribution in [2.45, 2.75) is 25.6 Å². The van der Waals surface area contributed by atoms with E-state index in [-0.39, 0.29) is 0 Å². The lowest BCUT2D eigenvalue weighted by Crippen LogP contribution is -2.50. The van der Waals surface area contributed by atoms with Crippen LogP contribution in [0.25, 0.3) is 0 Å². The van der Waals surface area contributed by atoms with Crippen LogP contribution in [0.3, 0.4) is 0 Å². The maximum Gasteiger partial charge on any atom is 0.314 e. The van der Waals surface area contributed by atoms with Crippen molar-refractivity contribution in [3.63, 3.8) is 0 Å². The molecular formula is C17H22N2O5. The zero-order chi connectivity index (χ0) is 17.0. The van der Waals surface area contributed by atoms with Crippen molar-refractivity contribution in [1.82, 2.24) is 4.90 Å². The van der Waals surface area contributed by atoms with Crippen molar-refractivity contribution in [3.8, 4) is 5.75 Å². The Morgan fingerprint density at radius 2 is 1.88 bits per heavy atom. The molecule has 2 fully saturated rings. The lowest BCUT2D eigenvalue weighted by molar-refractivity contribution is -0.187. The van der Waals surface area contributed by atoms with Crippen LogP contribution in [-0.2, 0) is 19.1 Å². The highest BCUT2D eigenvalue weighted by Gasteiger charge is 2.41. The topological polar surface area (TPSA) is 77.1 Å². The van der Waals surface area contributed by atoms with E-state index in [1.165, 1.54) is 4.90 Å². The Morgan fingerprint density at radius 3 is 2.54 bits per heavy atom. The van der Waals surface area contributed by atoms with Crippen LogP contribution < -0.4 is 10.1 Å². The van der Waals surface area contributed by atoms with Gasteiger partial charge in [-0.25, -0.2) is 0 Å². The molecule has 3 rings (SSSR count). The quantitative estimate of drug-likeness (QED) is 0.845. The Balaban J connectivity index is 1.58. The molecular weight excluding hydrogens is 312 g/mol. The number of carbonyl (C=O) groups excluding carboxylic acids is 2. The molecule has 1 aromatic carbocycles. The Labute approximate surface area is 140 Å². The first kappa shape index (κ1) is 16.7. The molecule has 1 N–H and O–H groups in total. The number of nitrogens with one attached hydrogen (secondary N) is 1. The fourth-order valence-electron chi connectivity index (χ4n) is 3.01. The number of hydrogen-bond donors (Lipinski definition) is 1. The van der Waals surface area contributed by atoms with E-state index in [2.05, 4.69) is 5.32 Å². The summed E-state index contributed by atoms with van der Waals surface area (Å²) in [5.41, 5.74) is 0.494. The van der Waals surface area contributed by atoms with Crippen LogP contribution in [0, 0.1) is 0 Å². The molecule has 0 bridgehead atoms. The molecule has 1 aromatic rings. The highest BCUT2D eigenvalue weighted by molar-refractivity contribution is 6.39. The van der Waals surface area contributed by atoms with Crippen LogP contribution in [0.15, 0.2) is 24.3 Å². The summed E-state index contributed by atoms with van der Waals surface area (Å²) in [6.45, 7) is 4.40. The monoisotopic (exact) mass is 334 g/mol. The fourth-order valence-corrected chi connectivity index (χ4v) is 3.01. The van der Waals surface area contributed by atoms with Crippen molar-refractivity contribution >= 4 is 17.5 Å². The van der Waals surface area contributed by atoms with Crippen molar-refractivity contribution in [1.29, 1.82) is 0 Å². The Hall–Kier alpha value is -2.12. The first-order valence-corrected chi connectivity index (χ1v) is 8.23. The number of benzene rings is 1. The van der Waals surface area contributed by atoms with Gasteiger partial charge in [-0.2, -0.15) is 0 Å². The zero-order valence-electron chi connectivity index (χ0n) is 13.7. The Kier molecular flexibility index (Phi) is 5.01. The Morgan fingerprint density at radius 1 is 1.21 bits per heavy atom. The summed E-state index contributed by atoms with van der Waals surface area (Å²) in [5.74, 6) is -1.22. The van der Waals surface area contributed by atoms with Crippen molar-refractivity contribution < 1.29 is 23.8 Å². The summed E-state index contributed by atoms with van der Waals surface area (Å²) in [4.78, 5) is 26.2. The third-order valence-corrected chi connectivity index (χ3v) is 4.26. The standard InChI is InChI=1S/C17H22N2O5/c1-2-22-14-6-4-3-5-13(14)18-15(20)16(21)19-9-7-17(8-10-19)23-11-12-24-17/h3-6H,2,7-12H2,1H3,(H,18,20). The molecule has 0 radical (unpaired) electrons. The molecule has 0 unspecified atom stereocenters. The maximum absolute atomic E-state index is 12.4. The van der Waals surface area contributed by atoms with E-state index in [9.17, 15) is 9.59 Å². The highest BCUT2D eigenvalue weighted by Crippen LogP contribution is 2.31. The van der Waals surface area contributed by atoms with Gasteiger partial charge in [-0.05, 0) is 19.1 Å². The lowest BCUT2D eigenvalue weighted by Gasteiger charge is -2.37. The molecule has 0 aliphatic carbocycles. The maximum atomic E-state index is 12.4. The molecule has 7 nitrogen and oxygen atoms in total. The molecule has 2 amide bonds. The number of para-hydroxylation sites is 2.